The Bertz CT molecular complexity index is 816. The van der Waals surface area contributed by atoms with E-state index in [9.17, 15) is 9.59 Å². The van der Waals surface area contributed by atoms with Crippen LogP contribution in [0.5, 0.6) is 0 Å². The summed E-state index contributed by atoms with van der Waals surface area (Å²) in [5.74, 6) is -0.703. The number of nitrogens with one attached hydrogen (secondary N) is 1. The fraction of sp³-hybridized carbons (Fsp3) is 0.222. The summed E-state index contributed by atoms with van der Waals surface area (Å²) in [5, 5.41) is 3.72. The molecule has 0 heterocycles. The second kappa shape index (κ2) is 6.46. The average Bonchev–Trinajstić information content (AvgIpc) is 2.45. The molecular formula is C18H16Cl2N2O2. The Balaban J connectivity index is 1.86. The first kappa shape index (κ1) is 16.8. The quantitative estimate of drug-likeness (QED) is 0.857. The molecule has 0 saturated heterocycles. The van der Waals surface area contributed by atoms with Gasteiger partial charge in [-0.2, -0.15) is 0 Å². The van der Waals surface area contributed by atoms with Crippen LogP contribution < -0.4 is 11.1 Å². The van der Waals surface area contributed by atoms with E-state index in [1.54, 1.807) is 12.1 Å². The largest absolute Gasteiger partial charge is 0.366 e. The van der Waals surface area contributed by atoms with Crippen molar-refractivity contribution < 1.29 is 9.59 Å². The van der Waals surface area contributed by atoms with E-state index in [0.717, 1.165) is 24.8 Å². The molecule has 2 aromatic carbocycles. The summed E-state index contributed by atoms with van der Waals surface area (Å²) in [6.45, 7) is 0. The average molecular weight is 363 g/mol. The number of amides is 2. The van der Waals surface area contributed by atoms with Gasteiger partial charge in [0.1, 0.15) is 0 Å². The highest BCUT2D eigenvalue weighted by molar-refractivity contribution is 6.34. The number of rotatable bonds is 4. The SMILES string of the molecule is NC(=O)c1ccc(NC(=O)C2(c3cccc(Cl)c3)CCC2)cc1Cl. The smallest absolute Gasteiger partial charge is 0.250 e. The number of carbonyl (C=O) groups excluding carboxylic acids is 2. The maximum Gasteiger partial charge on any atom is 0.250 e. The van der Waals surface area contributed by atoms with Crippen LogP contribution in [-0.2, 0) is 10.2 Å². The molecule has 0 atom stereocenters. The molecule has 0 aliphatic heterocycles. The van der Waals surface area contributed by atoms with Crippen LogP contribution in [-0.4, -0.2) is 11.8 Å². The number of anilines is 1. The van der Waals surface area contributed by atoms with E-state index in [1.165, 1.54) is 12.1 Å². The number of primary amides is 1. The van der Waals surface area contributed by atoms with E-state index in [1.807, 2.05) is 18.2 Å². The van der Waals surface area contributed by atoms with Gasteiger partial charge in [0.15, 0.2) is 0 Å². The molecule has 0 unspecified atom stereocenters. The first-order chi connectivity index (χ1) is 11.4. The summed E-state index contributed by atoms with van der Waals surface area (Å²) in [7, 11) is 0. The molecule has 2 amide bonds. The highest BCUT2D eigenvalue weighted by atomic mass is 35.5. The van der Waals surface area contributed by atoms with Crippen molar-refractivity contribution in [1.82, 2.24) is 0 Å². The Hall–Kier alpha value is -2.04. The Labute approximate surface area is 149 Å². The zero-order chi connectivity index (χ0) is 17.3. The fourth-order valence-electron chi connectivity index (χ4n) is 3.01. The van der Waals surface area contributed by atoms with Crippen LogP contribution in [0.3, 0.4) is 0 Å². The molecule has 124 valence electrons. The maximum atomic E-state index is 12.9. The van der Waals surface area contributed by atoms with Crippen LogP contribution in [0.4, 0.5) is 5.69 Å². The molecule has 2 aromatic rings. The van der Waals surface area contributed by atoms with Gasteiger partial charge < -0.3 is 11.1 Å². The van der Waals surface area contributed by atoms with Crippen molar-refractivity contribution in [1.29, 1.82) is 0 Å². The number of carbonyl (C=O) groups is 2. The summed E-state index contributed by atoms with van der Waals surface area (Å²) in [4.78, 5) is 24.1. The van der Waals surface area contributed by atoms with E-state index in [4.69, 9.17) is 28.9 Å². The summed E-state index contributed by atoms with van der Waals surface area (Å²) >= 11 is 12.1. The van der Waals surface area contributed by atoms with Crippen LogP contribution in [0.1, 0.15) is 35.2 Å². The number of benzene rings is 2. The van der Waals surface area contributed by atoms with E-state index in [0.29, 0.717) is 10.7 Å². The summed E-state index contributed by atoms with van der Waals surface area (Å²) in [6.07, 6.45) is 2.53. The monoisotopic (exact) mass is 362 g/mol. The third-order valence-corrected chi connectivity index (χ3v) is 5.06. The van der Waals surface area contributed by atoms with E-state index in [-0.39, 0.29) is 16.5 Å². The molecule has 1 fully saturated rings. The van der Waals surface area contributed by atoms with Crippen LogP contribution in [0.25, 0.3) is 0 Å². The van der Waals surface area contributed by atoms with Crippen molar-refractivity contribution in [2.45, 2.75) is 24.7 Å². The molecule has 4 nitrogen and oxygen atoms in total. The zero-order valence-electron chi connectivity index (χ0n) is 12.8. The lowest BCUT2D eigenvalue weighted by molar-refractivity contribution is -0.124. The molecule has 0 radical (unpaired) electrons. The minimum absolute atomic E-state index is 0.0982. The lowest BCUT2D eigenvalue weighted by atomic mass is 9.64. The van der Waals surface area contributed by atoms with Crippen molar-refractivity contribution in [2.24, 2.45) is 5.73 Å². The molecule has 1 aliphatic carbocycles. The number of hydrogen-bond donors (Lipinski definition) is 2. The number of hydrogen-bond acceptors (Lipinski definition) is 2. The van der Waals surface area contributed by atoms with Gasteiger partial charge >= 0.3 is 0 Å². The van der Waals surface area contributed by atoms with Crippen LogP contribution in [0.15, 0.2) is 42.5 Å². The normalized spacial score (nSPS) is 15.4. The van der Waals surface area contributed by atoms with Gasteiger partial charge in [0, 0.05) is 10.7 Å². The molecule has 24 heavy (non-hydrogen) atoms. The minimum atomic E-state index is -0.604. The maximum absolute atomic E-state index is 12.9. The number of halogens is 2. The second-order valence-corrected chi connectivity index (χ2v) is 6.80. The predicted molar refractivity (Wildman–Crippen MR) is 95.6 cm³/mol. The standard InChI is InChI=1S/C18H16Cl2N2O2/c19-12-4-1-3-11(9-12)18(7-2-8-18)17(24)22-13-5-6-14(16(21)23)15(20)10-13/h1,3-6,9-10H,2,7-8H2,(H2,21,23)(H,22,24). The van der Waals surface area contributed by atoms with Crippen LogP contribution >= 0.6 is 23.2 Å². The van der Waals surface area contributed by atoms with Crippen molar-refractivity contribution >= 4 is 40.7 Å². The van der Waals surface area contributed by atoms with Gasteiger partial charge in [-0.05, 0) is 48.7 Å². The van der Waals surface area contributed by atoms with Crippen LogP contribution in [0, 0.1) is 0 Å². The fourth-order valence-corrected chi connectivity index (χ4v) is 3.47. The summed E-state index contributed by atoms with van der Waals surface area (Å²) in [5.41, 5.74) is 6.33. The molecule has 3 rings (SSSR count). The molecular weight excluding hydrogens is 347 g/mol. The van der Waals surface area contributed by atoms with E-state index >= 15 is 0 Å². The van der Waals surface area contributed by atoms with Gasteiger partial charge in [-0.3, -0.25) is 9.59 Å². The second-order valence-electron chi connectivity index (χ2n) is 5.96. The molecule has 1 aliphatic rings. The Morgan fingerprint density at radius 3 is 2.38 bits per heavy atom. The third-order valence-electron chi connectivity index (χ3n) is 4.51. The highest BCUT2D eigenvalue weighted by Crippen LogP contribution is 2.45. The van der Waals surface area contributed by atoms with Gasteiger partial charge in [-0.1, -0.05) is 41.8 Å². The van der Waals surface area contributed by atoms with E-state index < -0.39 is 11.3 Å². The Morgan fingerprint density at radius 1 is 1.08 bits per heavy atom. The first-order valence-corrected chi connectivity index (χ1v) is 8.35. The minimum Gasteiger partial charge on any atom is -0.366 e. The van der Waals surface area contributed by atoms with Crippen LogP contribution in [0.2, 0.25) is 10.0 Å². The molecule has 0 spiro atoms. The molecule has 0 aromatic heterocycles. The molecule has 0 bridgehead atoms. The van der Waals surface area contributed by atoms with E-state index in [2.05, 4.69) is 5.32 Å². The summed E-state index contributed by atoms with van der Waals surface area (Å²) in [6, 6.07) is 12.1. The lowest BCUT2D eigenvalue weighted by Gasteiger charge is -2.40. The third kappa shape index (κ3) is 2.99. The lowest BCUT2D eigenvalue weighted by Crippen LogP contribution is -2.46. The van der Waals surface area contributed by atoms with Gasteiger partial charge in [0.2, 0.25) is 11.8 Å². The van der Waals surface area contributed by atoms with Crippen molar-refractivity contribution in [3.8, 4) is 0 Å². The van der Waals surface area contributed by atoms with Crippen molar-refractivity contribution in [2.75, 3.05) is 5.32 Å². The first-order valence-electron chi connectivity index (χ1n) is 7.59. The van der Waals surface area contributed by atoms with Crippen molar-refractivity contribution in [3.63, 3.8) is 0 Å². The zero-order valence-corrected chi connectivity index (χ0v) is 14.3. The Kier molecular flexibility index (Phi) is 4.52. The molecule has 3 N–H and O–H groups in total. The van der Waals surface area contributed by atoms with Gasteiger partial charge in [-0.25, -0.2) is 0 Å². The molecule has 6 heteroatoms. The molecule has 1 saturated carbocycles. The van der Waals surface area contributed by atoms with Gasteiger partial charge in [-0.15, -0.1) is 0 Å². The highest BCUT2D eigenvalue weighted by Gasteiger charge is 2.45. The van der Waals surface area contributed by atoms with Gasteiger partial charge in [0.05, 0.1) is 16.0 Å². The topological polar surface area (TPSA) is 72.2 Å². The van der Waals surface area contributed by atoms with Crippen molar-refractivity contribution in [3.05, 3.63) is 63.6 Å². The van der Waals surface area contributed by atoms with Gasteiger partial charge in [0.25, 0.3) is 0 Å². The number of nitrogens with two attached hydrogens (primary N) is 1. The summed E-state index contributed by atoms with van der Waals surface area (Å²) < 4.78 is 0. The Morgan fingerprint density at radius 2 is 1.83 bits per heavy atom. The predicted octanol–water partition coefficient (Wildman–Crippen LogP) is 4.15.